The molecule has 3 aromatic rings. The van der Waals surface area contributed by atoms with Gasteiger partial charge in [-0.1, -0.05) is 27.5 Å². The van der Waals surface area contributed by atoms with Crippen molar-refractivity contribution in [3.05, 3.63) is 75.2 Å². The molecule has 0 radical (unpaired) electrons. The highest BCUT2D eigenvalue weighted by Gasteiger charge is 2.31. The van der Waals surface area contributed by atoms with Gasteiger partial charge < -0.3 is 24.2 Å². The first-order chi connectivity index (χ1) is 16.5. The molecular formula is C23H26BrClF3N3O4. The van der Waals surface area contributed by atoms with Gasteiger partial charge in [0.05, 0.1) is 12.7 Å². The average Bonchev–Trinajstić information content (AvgIpc) is 3.32. The van der Waals surface area contributed by atoms with E-state index in [1.165, 1.54) is 30.2 Å². The summed E-state index contributed by atoms with van der Waals surface area (Å²) in [7, 11) is 6.34. The second-order valence-electron chi connectivity index (χ2n) is 6.46. The Morgan fingerprint density at radius 1 is 1.14 bits per heavy atom. The number of nitrogens with zero attached hydrogens (tertiary/aromatic N) is 2. The summed E-state index contributed by atoms with van der Waals surface area (Å²) in [6, 6.07) is 9.05. The first-order valence-corrected chi connectivity index (χ1v) is 10.8. The van der Waals surface area contributed by atoms with Crippen molar-refractivity contribution in [2.75, 3.05) is 28.4 Å². The molecule has 1 heterocycles. The van der Waals surface area contributed by atoms with E-state index in [-0.39, 0.29) is 15.9 Å². The molecule has 192 valence electrons. The number of aromatic nitrogens is 2. The molecule has 2 aromatic carbocycles. The van der Waals surface area contributed by atoms with Crippen molar-refractivity contribution < 1.29 is 32.2 Å². The lowest BCUT2D eigenvalue weighted by Gasteiger charge is -2.10. The number of nitrogens with one attached hydrogen (secondary N) is 1. The largest absolute Gasteiger partial charge is 0.497 e. The van der Waals surface area contributed by atoms with Crippen molar-refractivity contribution in [3.63, 3.8) is 0 Å². The zero-order chi connectivity index (χ0) is 27.2. The summed E-state index contributed by atoms with van der Waals surface area (Å²) in [4.78, 5) is 23.2. The zero-order valence-electron chi connectivity index (χ0n) is 19.7. The zero-order valence-corrected chi connectivity index (χ0v) is 22.1. The SMILES string of the molecule is C=O.CNC(=O)c1cn(-c2cc(Br)cc(C(F)(F)F)c2)cn1.COC.COc1ccc(Cl)c(C)c1. The monoisotopic (exact) mass is 579 g/mol. The van der Waals surface area contributed by atoms with Gasteiger partial charge in [0.2, 0.25) is 0 Å². The standard InChI is InChI=1S/C12H9BrF3N3O.C8H9ClO.C2H6O.CH2O/c1-17-11(20)10-5-19(6-18-10)9-3-7(12(14,15)16)2-8(13)4-9;1-6-5-7(10-2)3-4-8(6)9;1-3-2;1-2/h2-6H,1H3,(H,17,20);3-5H,1-2H3;1-2H3;1H2. The summed E-state index contributed by atoms with van der Waals surface area (Å²) in [5.41, 5.74) is 0.647. The Hall–Kier alpha value is -2.89. The Balaban J connectivity index is 0.000000644. The molecular weight excluding hydrogens is 555 g/mol. The number of ether oxygens (including phenoxy) is 2. The number of benzene rings is 2. The minimum Gasteiger partial charge on any atom is -0.497 e. The minimum atomic E-state index is -4.44. The predicted octanol–water partition coefficient (Wildman–Crippen LogP) is 5.75. The van der Waals surface area contributed by atoms with Gasteiger partial charge in [0, 0.05) is 42.6 Å². The molecule has 1 N–H and O–H groups in total. The summed E-state index contributed by atoms with van der Waals surface area (Å²) < 4.78 is 49.1. The quantitative estimate of drug-likeness (QED) is 0.427. The van der Waals surface area contributed by atoms with Crippen LogP contribution in [0.15, 0.2) is 53.4 Å². The molecule has 0 saturated heterocycles. The smallest absolute Gasteiger partial charge is 0.416 e. The molecule has 35 heavy (non-hydrogen) atoms. The number of carbonyl (C=O) groups excluding carboxylic acids is 2. The van der Waals surface area contributed by atoms with Crippen molar-refractivity contribution in [1.82, 2.24) is 14.9 Å². The fourth-order valence-corrected chi connectivity index (χ4v) is 2.94. The van der Waals surface area contributed by atoms with E-state index in [1.807, 2.05) is 31.9 Å². The van der Waals surface area contributed by atoms with Crippen LogP contribution in [0.3, 0.4) is 0 Å². The molecule has 12 heteroatoms. The van der Waals surface area contributed by atoms with E-state index in [9.17, 15) is 18.0 Å². The van der Waals surface area contributed by atoms with Gasteiger partial charge in [0.15, 0.2) is 0 Å². The van der Waals surface area contributed by atoms with Crippen molar-refractivity contribution in [1.29, 1.82) is 0 Å². The van der Waals surface area contributed by atoms with Crippen molar-refractivity contribution in [2.24, 2.45) is 0 Å². The number of aryl methyl sites for hydroxylation is 1. The van der Waals surface area contributed by atoms with Gasteiger partial charge in [-0.3, -0.25) is 4.79 Å². The van der Waals surface area contributed by atoms with Crippen LogP contribution in [0.5, 0.6) is 5.75 Å². The number of hydrogen-bond acceptors (Lipinski definition) is 5. The number of carbonyl (C=O) groups is 2. The minimum absolute atomic E-state index is 0.126. The number of hydrogen-bond donors (Lipinski definition) is 1. The first-order valence-electron chi connectivity index (χ1n) is 9.60. The number of alkyl halides is 3. The van der Waals surface area contributed by atoms with Crippen LogP contribution in [0.2, 0.25) is 5.02 Å². The molecule has 0 aliphatic carbocycles. The molecule has 0 fully saturated rings. The molecule has 0 saturated carbocycles. The number of halogens is 5. The van der Waals surface area contributed by atoms with Gasteiger partial charge in [0.25, 0.3) is 5.91 Å². The van der Waals surface area contributed by atoms with E-state index < -0.39 is 17.6 Å². The highest BCUT2D eigenvalue weighted by atomic mass is 79.9. The van der Waals surface area contributed by atoms with Crippen LogP contribution in [0, 0.1) is 6.92 Å². The van der Waals surface area contributed by atoms with Gasteiger partial charge in [-0.2, -0.15) is 13.2 Å². The van der Waals surface area contributed by atoms with Gasteiger partial charge in [-0.25, -0.2) is 4.98 Å². The normalized spacial score (nSPS) is 9.89. The summed E-state index contributed by atoms with van der Waals surface area (Å²) in [6.07, 6.45) is -1.80. The van der Waals surface area contributed by atoms with Gasteiger partial charge >= 0.3 is 6.18 Å². The van der Waals surface area contributed by atoms with E-state index in [0.29, 0.717) is 0 Å². The van der Waals surface area contributed by atoms with Gasteiger partial charge in [0.1, 0.15) is 24.6 Å². The van der Waals surface area contributed by atoms with Crippen LogP contribution in [-0.4, -0.2) is 50.6 Å². The fourth-order valence-electron chi connectivity index (χ4n) is 2.34. The third kappa shape index (κ3) is 10.9. The van der Waals surface area contributed by atoms with Crippen LogP contribution in [-0.2, 0) is 15.7 Å². The summed E-state index contributed by atoms with van der Waals surface area (Å²) >= 11 is 8.82. The van der Waals surface area contributed by atoms with Crippen LogP contribution in [0.25, 0.3) is 5.69 Å². The number of amides is 1. The molecule has 0 aliphatic heterocycles. The first kappa shape index (κ1) is 32.1. The molecule has 1 amide bonds. The number of methoxy groups -OCH3 is 2. The third-order valence-corrected chi connectivity index (χ3v) is 4.80. The number of rotatable bonds is 3. The Kier molecular flexibility index (Phi) is 14.6. The second-order valence-corrected chi connectivity index (χ2v) is 7.79. The molecule has 0 aliphatic rings. The summed E-state index contributed by atoms with van der Waals surface area (Å²) in [5.74, 6) is 0.441. The van der Waals surface area contributed by atoms with Crippen LogP contribution in [0.1, 0.15) is 21.6 Å². The molecule has 0 atom stereocenters. The van der Waals surface area contributed by atoms with Crippen molar-refractivity contribution in [3.8, 4) is 11.4 Å². The van der Waals surface area contributed by atoms with E-state index in [4.69, 9.17) is 21.1 Å². The Labute approximate surface area is 215 Å². The Morgan fingerprint density at radius 2 is 1.74 bits per heavy atom. The second kappa shape index (κ2) is 15.9. The maximum absolute atomic E-state index is 12.7. The van der Waals surface area contributed by atoms with Crippen molar-refractivity contribution >= 4 is 40.2 Å². The van der Waals surface area contributed by atoms with Crippen LogP contribution in [0.4, 0.5) is 13.2 Å². The molecule has 0 unspecified atom stereocenters. The van der Waals surface area contributed by atoms with E-state index in [1.54, 1.807) is 21.3 Å². The molecule has 0 bridgehead atoms. The highest BCUT2D eigenvalue weighted by molar-refractivity contribution is 9.10. The maximum atomic E-state index is 12.7. The third-order valence-electron chi connectivity index (χ3n) is 3.92. The highest BCUT2D eigenvalue weighted by Crippen LogP contribution is 2.33. The predicted molar refractivity (Wildman–Crippen MR) is 132 cm³/mol. The Bertz CT molecular complexity index is 1080. The van der Waals surface area contributed by atoms with Gasteiger partial charge in [-0.05, 0) is 48.9 Å². The lowest BCUT2D eigenvalue weighted by Crippen LogP contribution is -2.18. The maximum Gasteiger partial charge on any atom is 0.416 e. The lowest BCUT2D eigenvalue weighted by atomic mass is 10.2. The fraction of sp³-hybridized carbons (Fsp3) is 0.261. The van der Waals surface area contributed by atoms with E-state index >= 15 is 0 Å². The lowest BCUT2D eigenvalue weighted by molar-refractivity contribution is -0.137. The molecule has 0 spiro atoms. The van der Waals surface area contributed by atoms with E-state index in [2.05, 4.69) is 31.0 Å². The van der Waals surface area contributed by atoms with Gasteiger partial charge in [-0.15, -0.1) is 0 Å². The average molecular weight is 581 g/mol. The summed E-state index contributed by atoms with van der Waals surface area (Å²) in [6.45, 7) is 3.95. The van der Waals surface area contributed by atoms with Crippen LogP contribution < -0.4 is 10.1 Å². The summed E-state index contributed by atoms with van der Waals surface area (Å²) in [5, 5.41) is 3.17. The Morgan fingerprint density at radius 3 is 2.23 bits per heavy atom. The molecule has 1 aromatic heterocycles. The molecule has 3 rings (SSSR count). The van der Waals surface area contributed by atoms with Crippen molar-refractivity contribution in [2.45, 2.75) is 13.1 Å². The number of imidazole rings is 1. The van der Waals surface area contributed by atoms with Crippen LogP contribution >= 0.6 is 27.5 Å². The molecule has 7 nitrogen and oxygen atoms in total. The topological polar surface area (TPSA) is 82.5 Å². The van der Waals surface area contributed by atoms with E-state index in [0.717, 1.165) is 28.5 Å².